The van der Waals surface area contributed by atoms with Crippen LogP contribution in [0.15, 0.2) is 76.7 Å². The number of aliphatic hydroxyl groups excluding tert-OH is 1. The van der Waals surface area contributed by atoms with Gasteiger partial charge in [-0.3, -0.25) is 14.5 Å². The smallest absolute Gasteiger partial charge is 0.294 e. The number of ketones is 1. The lowest BCUT2D eigenvalue weighted by atomic mass is 9.79. The van der Waals surface area contributed by atoms with E-state index >= 15 is 0 Å². The van der Waals surface area contributed by atoms with Crippen molar-refractivity contribution < 1.29 is 19.2 Å². The lowest BCUT2D eigenvalue weighted by Crippen LogP contribution is -2.42. The van der Waals surface area contributed by atoms with E-state index in [0.29, 0.717) is 22.6 Å². The lowest BCUT2D eigenvalue weighted by Gasteiger charge is -2.35. The summed E-state index contributed by atoms with van der Waals surface area (Å²) in [7, 11) is 0. The second-order valence-electron chi connectivity index (χ2n) is 8.66. The molecular weight excluding hydrogens is 418 g/mol. The van der Waals surface area contributed by atoms with E-state index < -0.39 is 17.7 Å². The van der Waals surface area contributed by atoms with Gasteiger partial charge in [-0.2, -0.15) is 0 Å². The zero-order valence-electron chi connectivity index (χ0n) is 18.1. The molecule has 168 valence electrons. The fourth-order valence-electron chi connectivity index (χ4n) is 4.99. The second kappa shape index (κ2) is 8.58. The van der Waals surface area contributed by atoms with Gasteiger partial charge in [0, 0.05) is 28.6 Å². The molecule has 1 amide bonds. The van der Waals surface area contributed by atoms with Gasteiger partial charge in [0.05, 0.1) is 11.6 Å². The number of Topliss-reactive ketones (excluding diaryl/α,β-unsaturated/α-hetero) is 1. The number of nitrogens with zero attached hydrogens (tertiary/aromatic N) is 2. The van der Waals surface area contributed by atoms with Crippen LogP contribution in [0.25, 0.3) is 11.3 Å². The Balaban J connectivity index is 1.54. The van der Waals surface area contributed by atoms with Crippen molar-refractivity contribution in [3.8, 4) is 11.3 Å². The molecule has 1 unspecified atom stereocenters. The highest BCUT2D eigenvalue weighted by atomic mass is 16.5. The molecule has 3 aromatic rings. The van der Waals surface area contributed by atoms with Gasteiger partial charge in [0.1, 0.15) is 12.0 Å². The number of benzene rings is 2. The van der Waals surface area contributed by atoms with Crippen molar-refractivity contribution in [3.05, 3.63) is 77.8 Å². The highest BCUT2D eigenvalue weighted by molar-refractivity contribution is 6.21. The Kier molecular flexibility index (Phi) is 5.46. The van der Waals surface area contributed by atoms with E-state index in [0.717, 1.165) is 37.7 Å². The van der Waals surface area contributed by atoms with Gasteiger partial charge >= 0.3 is 0 Å². The number of nitrogens with two attached hydrogens (primary N) is 1. The highest BCUT2D eigenvalue weighted by Gasteiger charge is 2.47. The zero-order chi connectivity index (χ0) is 22.9. The maximum atomic E-state index is 13.5. The summed E-state index contributed by atoms with van der Waals surface area (Å²) in [5.41, 5.74) is 9.08. The molecule has 3 N–H and O–H groups in total. The van der Waals surface area contributed by atoms with Gasteiger partial charge in [-0.25, -0.2) is 0 Å². The van der Waals surface area contributed by atoms with Crippen LogP contribution in [0.4, 0.5) is 11.4 Å². The minimum atomic E-state index is -0.543. The van der Waals surface area contributed by atoms with Crippen LogP contribution in [0.5, 0.6) is 0 Å². The van der Waals surface area contributed by atoms with E-state index in [-0.39, 0.29) is 17.3 Å². The van der Waals surface area contributed by atoms with Crippen molar-refractivity contribution in [3.63, 3.8) is 0 Å². The number of nitrogen functional groups attached to an aromatic ring is 1. The number of hydrogen-bond acceptors (Lipinski definition) is 6. The van der Waals surface area contributed by atoms with Crippen LogP contribution in [0, 0.1) is 5.92 Å². The number of hydrogen-bond donors (Lipinski definition) is 2. The van der Waals surface area contributed by atoms with Gasteiger partial charge in [-0.15, -0.1) is 0 Å². The molecule has 0 bridgehead atoms. The van der Waals surface area contributed by atoms with Crippen molar-refractivity contribution in [2.75, 3.05) is 10.6 Å². The van der Waals surface area contributed by atoms with Crippen LogP contribution in [-0.2, 0) is 4.79 Å². The number of amides is 1. The summed E-state index contributed by atoms with van der Waals surface area (Å²) in [4.78, 5) is 28.4. The number of aliphatic hydroxyl groups is 1. The predicted molar refractivity (Wildman–Crippen MR) is 125 cm³/mol. The van der Waals surface area contributed by atoms with Gasteiger partial charge in [-0.1, -0.05) is 36.6 Å². The maximum absolute atomic E-state index is 13.5. The monoisotopic (exact) mass is 443 g/mol. The van der Waals surface area contributed by atoms with E-state index in [4.69, 9.17) is 10.3 Å². The molecule has 2 aromatic carbocycles. The predicted octanol–water partition coefficient (Wildman–Crippen LogP) is 4.91. The molecule has 1 atom stereocenters. The van der Waals surface area contributed by atoms with Gasteiger partial charge < -0.3 is 15.4 Å². The van der Waals surface area contributed by atoms with Crippen LogP contribution < -0.4 is 10.6 Å². The summed E-state index contributed by atoms with van der Waals surface area (Å²) >= 11 is 0. The summed E-state index contributed by atoms with van der Waals surface area (Å²) in [5.74, 6) is -1.25. The summed E-state index contributed by atoms with van der Waals surface area (Å²) in [6, 6.07) is 15.2. The largest absolute Gasteiger partial charge is 0.503 e. The van der Waals surface area contributed by atoms with Crippen molar-refractivity contribution >= 4 is 23.1 Å². The van der Waals surface area contributed by atoms with E-state index in [1.807, 2.05) is 24.3 Å². The van der Waals surface area contributed by atoms with Crippen LogP contribution in [0.1, 0.15) is 42.5 Å². The minimum absolute atomic E-state index is 0.0929. The lowest BCUT2D eigenvalue weighted by molar-refractivity contribution is -0.117. The van der Waals surface area contributed by atoms with Crippen molar-refractivity contribution in [2.45, 2.75) is 38.1 Å². The SMILES string of the molecule is Nc1ccc(C(=O)C2=C(O)C(=O)N(c3ccc(-c4ccon4)cc3)C2C2CCCCC2)cc1. The molecule has 5 rings (SSSR count). The van der Waals surface area contributed by atoms with E-state index in [9.17, 15) is 14.7 Å². The third-order valence-corrected chi connectivity index (χ3v) is 6.64. The number of anilines is 2. The maximum Gasteiger partial charge on any atom is 0.294 e. The van der Waals surface area contributed by atoms with Gasteiger partial charge in [0.15, 0.2) is 11.5 Å². The quantitative estimate of drug-likeness (QED) is 0.428. The normalized spacial score (nSPS) is 19.3. The van der Waals surface area contributed by atoms with Gasteiger partial charge in [-0.05, 0) is 55.2 Å². The third kappa shape index (κ3) is 3.80. The van der Waals surface area contributed by atoms with Crippen molar-refractivity contribution in [1.82, 2.24) is 5.16 Å². The van der Waals surface area contributed by atoms with Gasteiger partial charge in [0.25, 0.3) is 5.91 Å². The van der Waals surface area contributed by atoms with E-state index in [1.54, 1.807) is 35.2 Å². The molecule has 33 heavy (non-hydrogen) atoms. The fraction of sp³-hybridized carbons (Fsp3) is 0.269. The molecule has 1 fully saturated rings. The molecule has 2 heterocycles. The minimum Gasteiger partial charge on any atom is -0.503 e. The van der Waals surface area contributed by atoms with Crippen LogP contribution >= 0.6 is 0 Å². The Bertz CT molecular complexity index is 1190. The average Bonchev–Trinajstić information content (AvgIpc) is 3.47. The van der Waals surface area contributed by atoms with Crippen LogP contribution in [0.2, 0.25) is 0 Å². The van der Waals surface area contributed by atoms with Gasteiger partial charge in [0.2, 0.25) is 0 Å². The Morgan fingerprint density at radius 2 is 1.70 bits per heavy atom. The standard InChI is InChI=1S/C26H25N3O4/c27-19-10-6-18(7-11-19)24(30)22-23(17-4-2-1-3-5-17)29(26(32)25(22)31)20-12-8-16(9-13-20)21-14-15-33-28-21/h6-15,17,23,31H,1-5,27H2. The zero-order valence-corrected chi connectivity index (χ0v) is 18.1. The average molecular weight is 444 g/mol. The molecule has 1 aliphatic carbocycles. The van der Waals surface area contributed by atoms with E-state index in [2.05, 4.69) is 5.16 Å². The molecule has 7 nitrogen and oxygen atoms in total. The number of aromatic nitrogens is 1. The summed E-state index contributed by atoms with van der Waals surface area (Å²) in [6.45, 7) is 0. The first kappa shape index (κ1) is 21.0. The first-order chi connectivity index (χ1) is 16.0. The summed E-state index contributed by atoms with van der Waals surface area (Å²) in [6.07, 6.45) is 6.52. The first-order valence-corrected chi connectivity index (χ1v) is 11.2. The Hall–Kier alpha value is -3.87. The fourth-order valence-corrected chi connectivity index (χ4v) is 4.99. The van der Waals surface area contributed by atoms with Crippen molar-refractivity contribution in [1.29, 1.82) is 0 Å². The highest BCUT2D eigenvalue weighted by Crippen LogP contribution is 2.41. The molecule has 7 heteroatoms. The summed E-state index contributed by atoms with van der Waals surface area (Å²) in [5, 5.41) is 14.8. The molecule has 1 saturated carbocycles. The molecule has 1 aromatic heterocycles. The molecule has 0 spiro atoms. The van der Waals surface area contributed by atoms with E-state index in [1.165, 1.54) is 6.26 Å². The first-order valence-electron chi connectivity index (χ1n) is 11.2. The van der Waals surface area contributed by atoms with Crippen LogP contribution in [-0.4, -0.2) is 28.0 Å². The third-order valence-electron chi connectivity index (χ3n) is 6.64. The molecular formula is C26H25N3O4. The molecule has 1 aliphatic heterocycles. The van der Waals surface area contributed by atoms with Crippen molar-refractivity contribution in [2.24, 2.45) is 5.92 Å². The summed E-state index contributed by atoms with van der Waals surface area (Å²) < 4.78 is 4.92. The Morgan fingerprint density at radius 1 is 1.00 bits per heavy atom. The molecule has 0 radical (unpaired) electrons. The Morgan fingerprint density at radius 3 is 2.33 bits per heavy atom. The second-order valence-corrected chi connectivity index (χ2v) is 8.66. The Labute approximate surface area is 191 Å². The number of rotatable bonds is 5. The molecule has 0 saturated heterocycles. The number of carbonyl (C=O) groups excluding carboxylic acids is 2. The number of carbonyl (C=O) groups is 2. The van der Waals surface area contributed by atoms with Crippen LogP contribution in [0.3, 0.4) is 0 Å². The molecule has 2 aliphatic rings. The topological polar surface area (TPSA) is 110 Å².